The summed E-state index contributed by atoms with van der Waals surface area (Å²) in [5, 5.41) is 21.5. The predicted octanol–water partition coefficient (Wildman–Crippen LogP) is 2.68. The molecule has 6 heteroatoms. The van der Waals surface area contributed by atoms with Crippen LogP contribution in [-0.4, -0.2) is 29.5 Å². The van der Waals surface area contributed by atoms with Gasteiger partial charge < -0.3 is 24.6 Å². The highest BCUT2D eigenvalue weighted by atomic mass is 16.7. The van der Waals surface area contributed by atoms with Crippen LogP contribution < -0.4 is 14.4 Å². The minimum Gasteiger partial charge on any atom is -0.454 e. The van der Waals surface area contributed by atoms with Gasteiger partial charge in [0.15, 0.2) is 17.1 Å². The van der Waals surface area contributed by atoms with E-state index >= 15 is 0 Å². The second kappa shape index (κ2) is 6.87. The summed E-state index contributed by atoms with van der Waals surface area (Å²) in [6.45, 7) is 2.41. The third-order valence-electron chi connectivity index (χ3n) is 5.28. The van der Waals surface area contributed by atoms with E-state index in [1.165, 1.54) is 0 Å². The van der Waals surface area contributed by atoms with Crippen LogP contribution in [0.4, 0.5) is 5.69 Å². The Morgan fingerprint density at radius 1 is 1.11 bits per heavy atom. The Morgan fingerprint density at radius 2 is 1.85 bits per heavy atom. The molecule has 2 aliphatic rings. The van der Waals surface area contributed by atoms with Crippen molar-refractivity contribution < 1.29 is 24.5 Å². The minimum atomic E-state index is -1.86. The number of fused-ring (bicyclic) bond motifs is 2. The molecule has 0 bridgehead atoms. The first kappa shape index (κ1) is 17.8. The van der Waals surface area contributed by atoms with Crippen LogP contribution in [0.15, 0.2) is 36.4 Å². The van der Waals surface area contributed by atoms with Gasteiger partial charge in [0, 0.05) is 17.7 Å². The van der Waals surface area contributed by atoms with Crippen molar-refractivity contribution in [2.75, 3.05) is 18.2 Å². The van der Waals surface area contributed by atoms with E-state index in [9.17, 15) is 15.0 Å². The smallest absolute Gasteiger partial charge is 0.268 e. The van der Waals surface area contributed by atoms with Crippen LogP contribution in [0.3, 0.4) is 0 Å². The Kier molecular flexibility index (Phi) is 4.53. The lowest BCUT2D eigenvalue weighted by Gasteiger charge is -2.26. The summed E-state index contributed by atoms with van der Waals surface area (Å²) in [4.78, 5) is 15.0. The molecular weight excluding hydrogens is 346 g/mol. The summed E-state index contributed by atoms with van der Waals surface area (Å²) in [6.07, 6.45) is 2.92. The van der Waals surface area contributed by atoms with Gasteiger partial charge in [-0.3, -0.25) is 4.79 Å². The molecular formula is C21H23NO5. The molecule has 0 spiro atoms. The highest BCUT2D eigenvalue weighted by molar-refractivity contribution is 6.09. The average molecular weight is 369 g/mol. The molecule has 0 aliphatic carbocycles. The lowest BCUT2D eigenvalue weighted by atomic mass is 9.84. The Morgan fingerprint density at radius 3 is 2.59 bits per heavy atom. The molecule has 0 fully saturated rings. The molecule has 0 radical (unpaired) electrons. The number of carbonyl (C=O) groups is 1. The summed E-state index contributed by atoms with van der Waals surface area (Å²) < 4.78 is 10.8. The summed E-state index contributed by atoms with van der Waals surface area (Å²) in [5.41, 5.74) is 0.162. The second-order valence-electron chi connectivity index (χ2n) is 6.91. The van der Waals surface area contributed by atoms with Gasteiger partial charge in [-0.05, 0) is 30.2 Å². The first-order chi connectivity index (χ1) is 13.1. The van der Waals surface area contributed by atoms with E-state index in [0.29, 0.717) is 40.4 Å². The lowest BCUT2D eigenvalue weighted by molar-refractivity contribution is -0.132. The third-order valence-corrected chi connectivity index (χ3v) is 5.28. The molecule has 4 rings (SSSR count). The average Bonchev–Trinajstić information content (AvgIpc) is 3.24. The zero-order valence-corrected chi connectivity index (χ0v) is 15.3. The van der Waals surface area contributed by atoms with E-state index in [-0.39, 0.29) is 13.4 Å². The fourth-order valence-corrected chi connectivity index (χ4v) is 3.89. The molecule has 2 aromatic rings. The molecule has 0 saturated carbocycles. The molecule has 1 amide bonds. The van der Waals surface area contributed by atoms with Crippen molar-refractivity contribution in [3.63, 3.8) is 0 Å². The predicted molar refractivity (Wildman–Crippen MR) is 99.8 cm³/mol. The van der Waals surface area contributed by atoms with Crippen molar-refractivity contribution in [2.45, 2.75) is 38.4 Å². The number of unbranched alkanes of at least 4 members (excludes halogenated alkanes) is 2. The van der Waals surface area contributed by atoms with Crippen LogP contribution in [0.2, 0.25) is 0 Å². The van der Waals surface area contributed by atoms with E-state index in [1.807, 2.05) is 12.1 Å². The Bertz CT molecular complexity index is 881. The van der Waals surface area contributed by atoms with Gasteiger partial charge in [-0.15, -0.1) is 0 Å². The Hall–Kier alpha value is -2.57. The molecule has 2 aromatic carbocycles. The van der Waals surface area contributed by atoms with Gasteiger partial charge in [-0.2, -0.15) is 0 Å². The van der Waals surface area contributed by atoms with E-state index in [2.05, 4.69) is 6.92 Å². The topological polar surface area (TPSA) is 79.2 Å². The van der Waals surface area contributed by atoms with Gasteiger partial charge in [0.2, 0.25) is 6.79 Å². The van der Waals surface area contributed by atoms with Gasteiger partial charge in [0.05, 0.1) is 12.3 Å². The number of benzene rings is 2. The Labute approximate surface area is 157 Å². The molecule has 0 saturated heterocycles. The zero-order chi connectivity index (χ0) is 19.0. The molecule has 2 N–H and O–H groups in total. The standard InChI is InChI=1S/C21H23NO5/c1-2-3-6-9-22-17-8-5-4-7-15(17)21(25,20(22)24)16-11-19-18(26-13-27-19)10-14(16)12-23/h4-5,7-8,10-11,23,25H,2-3,6,9,12-13H2,1H3. The van der Waals surface area contributed by atoms with Crippen LogP contribution in [0.5, 0.6) is 11.5 Å². The zero-order valence-electron chi connectivity index (χ0n) is 15.3. The number of carbonyl (C=O) groups excluding carboxylic acids is 1. The number of amides is 1. The fourth-order valence-electron chi connectivity index (χ4n) is 3.89. The molecule has 142 valence electrons. The van der Waals surface area contributed by atoms with Gasteiger partial charge in [0.1, 0.15) is 0 Å². The molecule has 0 aromatic heterocycles. The maximum Gasteiger partial charge on any atom is 0.268 e. The van der Waals surface area contributed by atoms with Gasteiger partial charge in [0.25, 0.3) is 5.91 Å². The molecule has 6 nitrogen and oxygen atoms in total. The maximum atomic E-state index is 13.4. The van der Waals surface area contributed by atoms with Crippen molar-refractivity contribution >= 4 is 11.6 Å². The van der Waals surface area contributed by atoms with Crippen LogP contribution in [-0.2, 0) is 17.0 Å². The van der Waals surface area contributed by atoms with Crippen molar-refractivity contribution in [3.05, 3.63) is 53.1 Å². The lowest BCUT2D eigenvalue weighted by Crippen LogP contribution is -2.42. The number of aliphatic hydroxyl groups is 2. The number of hydrogen-bond acceptors (Lipinski definition) is 5. The number of aliphatic hydroxyl groups excluding tert-OH is 1. The van der Waals surface area contributed by atoms with Crippen molar-refractivity contribution in [1.82, 2.24) is 0 Å². The monoisotopic (exact) mass is 369 g/mol. The minimum absolute atomic E-state index is 0.0791. The van der Waals surface area contributed by atoms with Gasteiger partial charge in [-0.1, -0.05) is 38.0 Å². The first-order valence-electron chi connectivity index (χ1n) is 9.29. The van der Waals surface area contributed by atoms with Gasteiger partial charge >= 0.3 is 0 Å². The Balaban J connectivity index is 1.84. The highest BCUT2D eigenvalue weighted by Crippen LogP contribution is 2.48. The van der Waals surface area contributed by atoms with Crippen molar-refractivity contribution in [3.8, 4) is 11.5 Å². The number of para-hydroxylation sites is 1. The van der Waals surface area contributed by atoms with Crippen molar-refractivity contribution in [1.29, 1.82) is 0 Å². The third kappa shape index (κ3) is 2.67. The van der Waals surface area contributed by atoms with E-state index in [0.717, 1.165) is 19.3 Å². The summed E-state index contributed by atoms with van der Waals surface area (Å²) in [6, 6.07) is 10.5. The number of hydrogen-bond donors (Lipinski definition) is 2. The van der Waals surface area contributed by atoms with Crippen LogP contribution in [0.1, 0.15) is 42.9 Å². The molecule has 1 atom stereocenters. The number of ether oxygens (including phenoxy) is 2. The molecule has 2 aliphatic heterocycles. The van der Waals surface area contributed by atoms with Crippen LogP contribution in [0, 0.1) is 0 Å². The molecule has 2 heterocycles. The number of nitrogens with zero attached hydrogens (tertiary/aromatic N) is 1. The largest absolute Gasteiger partial charge is 0.454 e. The van der Waals surface area contributed by atoms with Crippen LogP contribution >= 0.6 is 0 Å². The SMILES string of the molecule is CCCCCN1C(=O)C(O)(c2cc3c(cc2CO)OCO3)c2ccccc21. The van der Waals surface area contributed by atoms with Gasteiger partial charge in [-0.25, -0.2) is 0 Å². The molecule has 1 unspecified atom stereocenters. The maximum absolute atomic E-state index is 13.4. The highest BCUT2D eigenvalue weighted by Gasteiger charge is 2.52. The summed E-state index contributed by atoms with van der Waals surface area (Å²) >= 11 is 0. The second-order valence-corrected chi connectivity index (χ2v) is 6.91. The van der Waals surface area contributed by atoms with E-state index in [4.69, 9.17) is 9.47 Å². The van der Waals surface area contributed by atoms with Crippen molar-refractivity contribution in [2.24, 2.45) is 0 Å². The number of rotatable bonds is 6. The van der Waals surface area contributed by atoms with E-state index < -0.39 is 11.5 Å². The molecule has 27 heavy (non-hydrogen) atoms. The quantitative estimate of drug-likeness (QED) is 0.766. The normalized spacial score (nSPS) is 20.3. The number of anilines is 1. The summed E-state index contributed by atoms with van der Waals surface area (Å²) in [5.74, 6) is 0.573. The van der Waals surface area contributed by atoms with E-state index in [1.54, 1.807) is 29.2 Å². The summed E-state index contributed by atoms with van der Waals surface area (Å²) in [7, 11) is 0. The first-order valence-corrected chi connectivity index (χ1v) is 9.29. The van der Waals surface area contributed by atoms with Crippen LogP contribution in [0.25, 0.3) is 0 Å². The fraction of sp³-hybridized carbons (Fsp3) is 0.381.